The lowest BCUT2D eigenvalue weighted by molar-refractivity contribution is -0.385. The van der Waals surface area contributed by atoms with E-state index in [9.17, 15) is 10.1 Å². The van der Waals surface area contributed by atoms with Gasteiger partial charge in [-0.3, -0.25) is 10.1 Å². The Bertz CT molecular complexity index is 589. The van der Waals surface area contributed by atoms with Gasteiger partial charge >= 0.3 is 11.7 Å². The molecule has 1 aromatic carbocycles. The van der Waals surface area contributed by atoms with Crippen molar-refractivity contribution in [1.29, 1.82) is 0 Å². The second-order valence-corrected chi connectivity index (χ2v) is 4.00. The highest BCUT2D eigenvalue weighted by Crippen LogP contribution is 2.30. The van der Waals surface area contributed by atoms with Gasteiger partial charge in [0.05, 0.1) is 9.95 Å². The molecule has 0 saturated heterocycles. The summed E-state index contributed by atoms with van der Waals surface area (Å²) in [7, 11) is 0. The van der Waals surface area contributed by atoms with Gasteiger partial charge in [0.15, 0.2) is 5.75 Å². The van der Waals surface area contributed by atoms with E-state index in [-0.39, 0.29) is 17.4 Å². The van der Waals surface area contributed by atoms with Crippen molar-refractivity contribution in [3.63, 3.8) is 0 Å². The molecule has 0 saturated carbocycles. The standard InChI is InChI=1S/C10H5Cl2N3O3/c11-6-1-2-8(12)9(3-6)18-10-13-4-7(5-14-10)15(16)17/h1-5H. The number of halogens is 2. The summed E-state index contributed by atoms with van der Waals surface area (Å²) in [6.45, 7) is 0. The predicted octanol–water partition coefficient (Wildman–Crippen LogP) is 3.48. The monoisotopic (exact) mass is 285 g/mol. The molecular weight excluding hydrogens is 281 g/mol. The zero-order valence-electron chi connectivity index (χ0n) is 8.71. The third-order valence-electron chi connectivity index (χ3n) is 1.92. The topological polar surface area (TPSA) is 78.2 Å². The second kappa shape index (κ2) is 5.16. The Morgan fingerprint density at radius 2 is 1.89 bits per heavy atom. The van der Waals surface area contributed by atoms with Gasteiger partial charge in [0.1, 0.15) is 12.4 Å². The second-order valence-electron chi connectivity index (χ2n) is 3.16. The lowest BCUT2D eigenvalue weighted by Crippen LogP contribution is -1.95. The third kappa shape index (κ3) is 2.85. The summed E-state index contributed by atoms with van der Waals surface area (Å²) in [5.74, 6) is 0.276. The van der Waals surface area contributed by atoms with Crippen LogP contribution in [0.5, 0.6) is 11.8 Å². The zero-order valence-corrected chi connectivity index (χ0v) is 10.2. The van der Waals surface area contributed by atoms with Crippen molar-refractivity contribution in [2.45, 2.75) is 0 Å². The number of nitro groups is 1. The van der Waals surface area contributed by atoms with Gasteiger partial charge in [-0.2, -0.15) is 9.97 Å². The van der Waals surface area contributed by atoms with Crippen LogP contribution in [0.25, 0.3) is 0 Å². The minimum absolute atomic E-state index is 0.0511. The van der Waals surface area contributed by atoms with Crippen LogP contribution in [0.3, 0.4) is 0 Å². The summed E-state index contributed by atoms with van der Waals surface area (Å²) in [4.78, 5) is 17.2. The summed E-state index contributed by atoms with van der Waals surface area (Å²) in [6.07, 6.45) is 2.08. The number of hydrogen-bond donors (Lipinski definition) is 0. The smallest absolute Gasteiger partial charge is 0.322 e. The first-order valence-electron chi connectivity index (χ1n) is 4.65. The fourth-order valence-corrected chi connectivity index (χ4v) is 1.43. The molecule has 18 heavy (non-hydrogen) atoms. The van der Waals surface area contributed by atoms with Crippen LogP contribution < -0.4 is 4.74 Å². The third-order valence-corrected chi connectivity index (χ3v) is 2.47. The van der Waals surface area contributed by atoms with Crippen LogP contribution in [0.15, 0.2) is 30.6 Å². The molecule has 0 N–H and O–H groups in total. The van der Waals surface area contributed by atoms with Crippen molar-refractivity contribution in [1.82, 2.24) is 9.97 Å². The van der Waals surface area contributed by atoms with Gasteiger partial charge in [0.2, 0.25) is 0 Å². The van der Waals surface area contributed by atoms with Gasteiger partial charge in [0, 0.05) is 11.1 Å². The minimum Gasteiger partial charge on any atom is -0.423 e. The lowest BCUT2D eigenvalue weighted by Gasteiger charge is -2.05. The van der Waals surface area contributed by atoms with Gasteiger partial charge < -0.3 is 4.74 Å². The van der Waals surface area contributed by atoms with Gasteiger partial charge in [-0.05, 0) is 12.1 Å². The molecule has 0 spiro atoms. The number of ether oxygens (including phenoxy) is 1. The Morgan fingerprint density at radius 1 is 1.22 bits per heavy atom. The van der Waals surface area contributed by atoms with Crippen molar-refractivity contribution in [3.8, 4) is 11.8 Å². The molecule has 0 aliphatic rings. The number of hydrogen-bond acceptors (Lipinski definition) is 5. The normalized spacial score (nSPS) is 10.1. The van der Waals surface area contributed by atoms with Gasteiger partial charge in [-0.1, -0.05) is 23.2 Å². The highest BCUT2D eigenvalue weighted by atomic mass is 35.5. The molecule has 0 unspecified atom stereocenters. The molecule has 1 heterocycles. The first kappa shape index (κ1) is 12.5. The van der Waals surface area contributed by atoms with Gasteiger partial charge in [-0.15, -0.1) is 0 Å². The maximum Gasteiger partial charge on any atom is 0.322 e. The Hall–Kier alpha value is -1.92. The predicted molar refractivity (Wildman–Crippen MR) is 65.2 cm³/mol. The Morgan fingerprint density at radius 3 is 2.50 bits per heavy atom. The van der Waals surface area contributed by atoms with Crippen molar-refractivity contribution in [2.24, 2.45) is 0 Å². The molecular formula is C10H5Cl2N3O3. The first-order valence-corrected chi connectivity index (χ1v) is 5.41. The van der Waals surface area contributed by atoms with E-state index in [1.54, 1.807) is 12.1 Å². The molecule has 0 atom stereocenters. The van der Waals surface area contributed by atoms with E-state index in [2.05, 4.69) is 9.97 Å². The van der Waals surface area contributed by atoms with Crippen LogP contribution in [0, 0.1) is 10.1 Å². The average molecular weight is 286 g/mol. The van der Waals surface area contributed by atoms with Crippen molar-refractivity contribution < 1.29 is 9.66 Å². The minimum atomic E-state index is -0.601. The summed E-state index contributed by atoms with van der Waals surface area (Å²) in [5, 5.41) is 11.2. The molecule has 92 valence electrons. The molecule has 0 amide bonds. The van der Waals surface area contributed by atoms with E-state index >= 15 is 0 Å². The summed E-state index contributed by atoms with van der Waals surface area (Å²) in [6, 6.07) is 4.61. The van der Waals surface area contributed by atoms with Crippen LogP contribution in [-0.4, -0.2) is 14.9 Å². The summed E-state index contributed by atoms with van der Waals surface area (Å²) >= 11 is 11.7. The first-order chi connectivity index (χ1) is 8.56. The highest BCUT2D eigenvalue weighted by molar-refractivity contribution is 6.34. The van der Waals surface area contributed by atoms with E-state index in [0.29, 0.717) is 10.0 Å². The Balaban J connectivity index is 2.23. The van der Waals surface area contributed by atoms with Crippen molar-refractivity contribution in [2.75, 3.05) is 0 Å². The van der Waals surface area contributed by atoms with E-state index < -0.39 is 4.92 Å². The molecule has 0 aliphatic carbocycles. The number of benzene rings is 1. The molecule has 6 nitrogen and oxygen atoms in total. The average Bonchev–Trinajstić information content (AvgIpc) is 2.34. The zero-order chi connectivity index (χ0) is 13.1. The Kier molecular flexibility index (Phi) is 3.59. The maximum atomic E-state index is 10.4. The van der Waals surface area contributed by atoms with Crippen LogP contribution in [0.4, 0.5) is 5.69 Å². The van der Waals surface area contributed by atoms with E-state index in [1.165, 1.54) is 6.07 Å². The fourth-order valence-electron chi connectivity index (χ4n) is 1.11. The SMILES string of the molecule is O=[N+]([O-])c1cnc(Oc2cc(Cl)ccc2Cl)nc1. The maximum absolute atomic E-state index is 10.4. The molecule has 0 aliphatic heterocycles. The van der Waals surface area contributed by atoms with Crippen molar-refractivity contribution in [3.05, 3.63) is 50.8 Å². The number of nitrogens with zero attached hydrogens (tertiary/aromatic N) is 3. The number of aromatic nitrogens is 2. The van der Waals surface area contributed by atoms with Gasteiger partial charge in [-0.25, -0.2) is 0 Å². The lowest BCUT2D eigenvalue weighted by atomic mass is 10.3. The molecule has 2 aromatic rings. The fraction of sp³-hybridized carbons (Fsp3) is 0. The number of rotatable bonds is 3. The quantitative estimate of drug-likeness (QED) is 0.637. The molecule has 0 radical (unpaired) electrons. The summed E-state index contributed by atoms with van der Waals surface area (Å²) in [5.41, 5.74) is -0.223. The highest BCUT2D eigenvalue weighted by Gasteiger charge is 2.10. The van der Waals surface area contributed by atoms with Gasteiger partial charge in [0.25, 0.3) is 0 Å². The molecule has 2 rings (SSSR count). The molecule has 8 heteroatoms. The van der Waals surface area contributed by atoms with Crippen LogP contribution >= 0.6 is 23.2 Å². The van der Waals surface area contributed by atoms with Crippen LogP contribution in [0.1, 0.15) is 0 Å². The van der Waals surface area contributed by atoms with E-state index in [0.717, 1.165) is 12.4 Å². The summed E-state index contributed by atoms with van der Waals surface area (Å²) < 4.78 is 5.26. The molecule has 0 fully saturated rings. The van der Waals surface area contributed by atoms with Crippen LogP contribution in [-0.2, 0) is 0 Å². The van der Waals surface area contributed by atoms with E-state index in [4.69, 9.17) is 27.9 Å². The Labute approximate surface area is 111 Å². The molecule has 0 bridgehead atoms. The van der Waals surface area contributed by atoms with Crippen molar-refractivity contribution >= 4 is 28.9 Å². The largest absolute Gasteiger partial charge is 0.423 e. The molecule has 1 aromatic heterocycles. The van der Waals surface area contributed by atoms with E-state index in [1.807, 2.05) is 0 Å². The van der Waals surface area contributed by atoms with Crippen LogP contribution in [0.2, 0.25) is 10.0 Å².